The molecule has 0 unspecified atom stereocenters. The van der Waals surface area contributed by atoms with Crippen LogP contribution in [0.2, 0.25) is 0 Å². The summed E-state index contributed by atoms with van der Waals surface area (Å²) in [5.74, 6) is 0.0555. The largest absolute Gasteiger partial charge is 0.352 e. The molecular formula is C16H26BrN4O2S+. The lowest BCUT2D eigenvalue weighted by atomic mass is 9.97. The molecular weight excluding hydrogens is 392 g/mol. The molecule has 0 bridgehead atoms. The fourth-order valence-electron chi connectivity index (χ4n) is 2.95. The van der Waals surface area contributed by atoms with E-state index in [1.54, 1.807) is 11.3 Å². The smallest absolute Gasteiger partial charge is 0.312 e. The van der Waals surface area contributed by atoms with Gasteiger partial charge < -0.3 is 20.9 Å². The fraction of sp³-hybridized carbons (Fsp3) is 0.625. The first-order chi connectivity index (χ1) is 11.4. The van der Waals surface area contributed by atoms with E-state index in [1.165, 1.54) is 9.78 Å². The Hall–Kier alpha value is -1.12. The number of halogens is 1. The van der Waals surface area contributed by atoms with E-state index in [1.807, 2.05) is 18.7 Å². The van der Waals surface area contributed by atoms with Gasteiger partial charge in [0.2, 0.25) is 5.91 Å². The molecule has 0 saturated carbocycles. The second-order valence-corrected chi connectivity index (χ2v) is 8.88. The van der Waals surface area contributed by atoms with Crippen molar-refractivity contribution >= 4 is 39.2 Å². The molecule has 24 heavy (non-hydrogen) atoms. The van der Waals surface area contributed by atoms with E-state index >= 15 is 0 Å². The number of nitrogens with two attached hydrogens (primary N) is 1. The van der Waals surface area contributed by atoms with Crippen LogP contribution in [0.1, 0.15) is 25.1 Å². The predicted octanol–water partition coefficient (Wildman–Crippen LogP) is 0.821. The van der Waals surface area contributed by atoms with Crippen LogP contribution in [0.5, 0.6) is 0 Å². The molecule has 4 N–H and O–H groups in total. The zero-order valence-electron chi connectivity index (χ0n) is 14.2. The van der Waals surface area contributed by atoms with Crippen LogP contribution in [0, 0.1) is 5.92 Å². The van der Waals surface area contributed by atoms with Crippen LogP contribution in [-0.2, 0) is 11.3 Å². The second-order valence-electron chi connectivity index (χ2n) is 6.33. The Balaban J connectivity index is 1.89. The van der Waals surface area contributed by atoms with Crippen molar-refractivity contribution in [1.82, 2.24) is 10.2 Å². The lowest BCUT2D eigenvalue weighted by molar-refractivity contribution is -0.917. The van der Waals surface area contributed by atoms with Crippen LogP contribution in [0.15, 0.2) is 15.9 Å². The van der Waals surface area contributed by atoms with Crippen LogP contribution < -0.4 is 16.0 Å². The highest BCUT2D eigenvalue weighted by Gasteiger charge is 2.32. The first-order valence-electron chi connectivity index (χ1n) is 8.33. The fourth-order valence-corrected chi connectivity index (χ4v) is 4.50. The van der Waals surface area contributed by atoms with Crippen LogP contribution in [0.25, 0.3) is 0 Å². The second kappa shape index (κ2) is 8.82. The maximum atomic E-state index is 12.7. The zero-order valence-corrected chi connectivity index (χ0v) is 16.6. The lowest BCUT2D eigenvalue weighted by Gasteiger charge is -2.35. The standard InChI is InChI=1S/C16H25BrN4O2S/c1-3-11(2)14(19-16(18)23)15(22)21-8-6-20(7-9-21)10-12-4-5-13(17)24-12/h4-5,11,14H,3,6-10H2,1-2H3,(H3,18,19,23)/p+1/t11-,14-/m0/s1. The number of amides is 3. The lowest BCUT2D eigenvalue weighted by Crippen LogP contribution is -3.13. The molecule has 8 heteroatoms. The number of quaternary nitrogens is 1. The van der Waals surface area contributed by atoms with Crippen molar-refractivity contribution in [2.75, 3.05) is 26.2 Å². The molecule has 0 radical (unpaired) electrons. The van der Waals surface area contributed by atoms with E-state index in [0.29, 0.717) is 13.1 Å². The van der Waals surface area contributed by atoms with Gasteiger partial charge in [-0.05, 0) is 34.0 Å². The monoisotopic (exact) mass is 417 g/mol. The molecule has 0 spiro atoms. The third-order valence-corrected chi connectivity index (χ3v) is 6.24. The van der Waals surface area contributed by atoms with Gasteiger partial charge in [0.25, 0.3) is 0 Å². The van der Waals surface area contributed by atoms with Gasteiger partial charge >= 0.3 is 6.03 Å². The average Bonchev–Trinajstić information content (AvgIpc) is 2.96. The maximum absolute atomic E-state index is 12.7. The van der Waals surface area contributed by atoms with E-state index < -0.39 is 12.1 Å². The summed E-state index contributed by atoms with van der Waals surface area (Å²) in [5, 5.41) is 2.62. The average molecular weight is 418 g/mol. The minimum Gasteiger partial charge on any atom is -0.352 e. The third kappa shape index (κ3) is 5.19. The molecule has 0 aromatic carbocycles. The summed E-state index contributed by atoms with van der Waals surface area (Å²) in [7, 11) is 0. The molecule has 6 nitrogen and oxygen atoms in total. The number of piperazine rings is 1. The van der Waals surface area contributed by atoms with Crippen molar-refractivity contribution in [3.8, 4) is 0 Å². The predicted molar refractivity (Wildman–Crippen MR) is 99.0 cm³/mol. The number of carbonyl (C=O) groups is 2. The quantitative estimate of drug-likeness (QED) is 0.640. The van der Waals surface area contributed by atoms with Crippen molar-refractivity contribution in [2.24, 2.45) is 11.7 Å². The van der Waals surface area contributed by atoms with E-state index in [9.17, 15) is 9.59 Å². The Kier molecular flexibility index (Phi) is 7.06. The van der Waals surface area contributed by atoms with Crippen LogP contribution in [0.4, 0.5) is 4.79 Å². The Morgan fingerprint density at radius 3 is 2.58 bits per heavy atom. The van der Waals surface area contributed by atoms with Crippen molar-refractivity contribution in [3.05, 3.63) is 20.8 Å². The van der Waals surface area contributed by atoms with Crippen molar-refractivity contribution in [2.45, 2.75) is 32.9 Å². The van der Waals surface area contributed by atoms with Gasteiger partial charge in [-0.3, -0.25) is 4.79 Å². The zero-order chi connectivity index (χ0) is 17.7. The van der Waals surface area contributed by atoms with Gasteiger partial charge in [0.1, 0.15) is 12.6 Å². The van der Waals surface area contributed by atoms with Gasteiger partial charge in [0.05, 0.1) is 34.8 Å². The summed E-state index contributed by atoms with van der Waals surface area (Å²) < 4.78 is 1.15. The number of hydrogen-bond donors (Lipinski definition) is 3. The molecule has 0 aliphatic carbocycles. The van der Waals surface area contributed by atoms with Gasteiger partial charge in [-0.25, -0.2) is 4.79 Å². The molecule has 1 aromatic heterocycles. The number of carbonyl (C=O) groups excluding carboxylic acids is 2. The van der Waals surface area contributed by atoms with E-state index in [4.69, 9.17) is 5.73 Å². The summed E-state index contributed by atoms with van der Waals surface area (Å²) in [4.78, 5) is 28.6. The first-order valence-corrected chi connectivity index (χ1v) is 9.94. The molecule has 1 saturated heterocycles. The number of rotatable bonds is 6. The van der Waals surface area contributed by atoms with Crippen molar-refractivity contribution < 1.29 is 14.5 Å². The first kappa shape index (κ1) is 19.2. The minimum absolute atomic E-state index is 0.0129. The van der Waals surface area contributed by atoms with Crippen molar-refractivity contribution in [3.63, 3.8) is 0 Å². The highest BCUT2D eigenvalue weighted by Crippen LogP contribution is 2.21. The molecule has 2 rings (SSSR count). The van der Waals surface area contributed by atoms with Crippen LogP contribution >= 0.6 is 27.3 Å². The molecule has 134 valence electrons. The normalized spacial score (nSPS) is 18.2. The highest BCUT2D eigenvalue weighted by molar-refractivity contribution is 9.11. The Bertz CT molecular complexity index is 572. The molecule has 1 aliphatic rings. The number of nitrogens with one attached hydrogen (secondary N) is 2. The number of nitrogens with zero attached hydrogens (tertiary/aromatic N) is 1. The summed E-state index contributed by atoms with van der Waals surface area (Å²) in [6.07, 6.45) is 0.815. The van der Waals surface area contributed by atoms with Crippen LogP contribution in [0.3, 0.4) is 0 Å². The van der Waals surface area contributed by atoms with E-state index in [2.05, 4.69) is 33.4 Å². The maximum Gasteiger partial charge on any atom is 0.312 e. The summed E-state index contributed by atoms with van der Waals surface area (Å²) in [5.41, 5.74) is 5.24. The molecule has 2 heterocycles. The summed E-state index contributed by atoms with van der Waals surface area (Å²) in [6, 6.07) is 3.06. The Labute approximate surface area is 155 Å². The number of urea groups is 1. The van der Waals surface area contributed by atoms with Crippen LogP contribution in [-0.4, -0.2) is 49.1 Å². The highest BCUT2D eigenvalue weighted by atomic mass is 79.9. The van der Waals surface area contributed by atoms with Gasteiger partial charge in [-0.1, -0.05) is 20.3 Å². The Morgan fingerprint density at radius 2 is 2.08 bits per heavy atom. The van der Waals surface area contributed by atoms with E-state index in [-0.39, 0.29) is 11.8 Å². The topological polar surface area (TPSA) is 79.9 Å². The number of primary amides is 1. The molecule has 1 aromatic rings. The molecule has 3 amide bonds. The van der Waals surface area contributed by atoms with Gasteiger partial charge in [-0.15, -0.1) is 11.3 Å². The number of thiophene rings is 1. The summed E-state index contributed by atoms with van der Waals surface area (Å²) >= 11 is 5.25. The van der Waals surface area contributed by atoms with E-state index in [0.717, 1.165) is 29.8 Å². The van der Waals surface area contributed by atoms with Gasteiger partial charge in [0, 0.05) is 0 Å². The van der Waals surface area contributed by atoms with Crippen molar-refractivity contribution in [1.29, 1.82) is 0 Å². The number of hydrogen-bond acceptors (Lipinski definition) is 3. The van der Waals surface area contributed by atoms with Gasteiger partial charge in [0.15, 0.2) is 0 Å². The molecule has 1 fully saturated rings. The minimum atomic E-state index is -0.638. The SMILES string of the molecule is CC[C@H](C)[C@H](NC(N)=O)C(=O)N1CC[NH+](Cc2ccc(Br)s2)CC1. The van der Waals surface area contributed by atoms with Gasteiger partial charge in [-0.2, -0.15) is 0 Å². The Morgan fingerprint density at radius 1 is 1.42 bits per heavy atom. The molecule has 1 aliphatic heterocycles. The molecule has 2 atom stereocenters. The summed E-state index contributed by atoms with van der Waals surface area (Å²) in [6.45, 7) is 8.24. The third-order valence-electron chi connectivity index (χ3n) is 4.61.